The number of ketones is 1. The van der Waals surface area contributed by atoms with Crippen molar-refractivity contribution in [3.63, 3.8) is 0 Å². The number of methoxy groups -OCH3 is 1. The lowest BCUT2D eigenvalue weighted by Crippen LogP contribution is -2.23. The Morgan fingerprint density at radius 1 is 1.35 bits per heavy atom. The maximum Gasteiger partial charge on any atom is 0.133 e. The summed E-state index contributed by atoms with van der Waals surface area (Å²) in [6.07, 6.45) is 4.40. The van der Waals surface area contributed by atoms with Crippen molar-refractivity contribution in [1.29, 1.82) is 0 Å². The molecular formula is C14H21NO2. The number of aromatic nitrogens is 1. The first-order valence-electron chi connectivity index (χ1n) is 6.00. The van der Waals surface area contributed by atoms with Gasteiger partial charge in [0.25, 0.3) is 0 Å². The number of nitrogens with zero attached hydrogens (tertiary/aromatic N) is 1. The molecule has 1 aromatic rings. The number of hydrogen-bond donors (Lipinski definition) is 0. The zero-order valence-electron chi connectivity index (χ0n) is 10.9. The average molecular weight is 235 g/mol. The average Bonchev–Trinajstić information content (AvgIpc) is 2.35. The predicted octanol–water partition coefficient (Wildman–Crippen LogP) is 2.79. The number of ether oxygens (including phenoxy) is 1. The summed E-state index contributed by atoms with van der Waals surface area (Å²) < 4.78 is 5.29. The van der Waals surface area contributed by atoms with E-state index in [4.69, 9.17) is 4.74 Å². The fourth-order valence-corrected chi connectivity index (χ4v) is 1.48. The molecular weight excluding hydrogens is 214 g/mol. The Morgan fingerprint density at radius 2 is 2.12 bits per heavy atom. The van der Waals surface area contributed by atoms with Gasteiger partial charge in [0.05, 0.1) is 5.60 Å². The van der Waals surface area contributed by atoms with Crippen LogP contribution in [0.4, 0.5) is 0 Å². The number of hydrogen-bond acceptors (Lipinski definition) is 3. The minimum Gasteiger partial charge on any atom is -0.379 e. The van der Waals surface area contributed by atoms with Crippen LogP contribution in [-0.4, -0.2) is 23.5 Å². The van der Waals surface area contributed by atoms with E-state index in [-0.39, 0.29) is 11.4 Å². The van der Waals surface area contributed by atoms with Gasteiger partial charge in [-0.25, -0.2) is 0 Å². The first kappa shape index (κ1) is 13.8. The van der Waals surface area contributed by atoms with Crippen LogP contribution in [0.5, 0.6) is 0 Å². The van der Waals surface area contributed by atoms with Gasteiger partial charge in [0.1, 0.15) is 5.78 Å². The van der Waals surface area contributed by atoms with Gasteiger partial charge in [-0.3, -0.25) is 9.78 Å². The summed E-state index contributed by atoms with van der Waals surface area (Å²) in [5.74, 6) is 0.278. The van der Waals surface area contributed by atoms with Gasteiger partial charge in [-0.2, -0.15) is 0 Å². The van der Waals surface area contributed by atoms with Crippen molar-refractivity contribution >= 4 is 5.78 Å². The van der Waals surface area contributed by atoms with E-state index in [1.165, 1.54) is 0 Å². The summed E-state index contributed by atoms with van der Waals surface area (Å²) in [6, 6.07) is 5.78. The molecule has 0 aliphatic carbocycles. The van der Waals surface area contributed by atoms with Crippen molar-refractivity contribution in [2.24, 2.45) is 0 Å². The molecule has 17 heavy (non-hydrogen) atoms. The molecule has 0 amide bonds. The molecule has 0 bridgehead atoms. The van der Waals surface area contributed by atoms with Crippen LogP contribution >= 0.6 is 0 Å². The van der Waals surface area contributed by atoms with Crippen LogP contribution in [0.15, 0.2) is 24.4 Å². The zero-order valence-corrected chi connectivity index (χ0v) is 10.9. The summed E-state index contributed by atoms with van der Waals surface area (Å²) in [5.41, 5.74) is 0.771. The topological polar surface area (TPSA) is 39.2 Å². The molecule has 94 valence electrons. The molecule has 0 aromatic carbocycles. The Morgan fingerprint density at radius 3 is 2.71 bits per heavy atom. The molecule has 0 N–H and O–H groups in total. The van der Waals surface area contributed by atoms with Gasteiger partial charge in [0.2, 0.25) is 0 Å². The molecule has 0 aliphatic heterocycles. The van der Waals surface area contributed by atoms with E-state index < -0.39 is 0 Å². The van der Waals surface area contributed by atoms with Gasteiger partial charge < -0.3 is 4.74 Å². The minimum absolute atomic E-state index is 0.208. The van der Waals surface area contributed by atoms with Crippen molar-refractivity contribution in [1.82, 2.24) is 4.98 Å². The normalized spacial score (nSPS) is 11.5. The number of Topliss-reactive ketones (excluding diaryl/α,β-unsaturated/α-hetero) is 1. The SMILES string of the molecule is COC(C)(C)CCC(=O)CCc1ccccn1. The lowest BCUT2D eigenvalue weighted by molar-refractivity contribution is -0.120. The van der Waals surface area contributed by atoms with Crippen molar-refractivity contribution in [3.05, 3.63) is 30.1 Å². The largest absolute Gasteiger partial charge is 0.379 e. The number of carbonyl (C=O) groups excluding carboxylic acids is 1. The van der Waals surface area contributed by atoms with E-state index in [0.29, 0.717) is 12.8 Å². The van der Waals surface area contributed by atoms with Gasteiger partial charge in [-0.05, 0) is 38.8 Å². The highest BCUT2D eigenvalue weighted by Crippen LogP contribution is 2.16. The Hall–Kier alpha value is -1.22. The summed E-state index contributed by atoms with van der Waals surface area (Å²) >= 11 is 0. The third kappa shape index (κ3) is 5.59. The van der Waals surface area contributed by atoms with Gasteiger partial charge in [-0.1, -0.05) is 6.07 Å². The second-order valence-electron chi connectivity index (χ2n) is 4.82. The number of rotatable bonds is 7. The molecule has 0 unspecified atom stereocenters. The van der Waals surface area contributed by atoms with Crippen LogP contribution in [0.25, 0.3) is 0 Å². The molecule has 0 saturated heterocycles. The van der Waals surface area contributed by atoms with E-state index in [9.17, 15) is 4.79 Å². The van der Waals surface area contributed by atoms with Gasteiger partial charge in [0.15, 0.2) is 0 Å². The molecule has 3 heteroatoms. The van der Waals surface area contributed by atoms with Crippen LogP contribution in [-0.2, 0) is 16.0 Å². The molecule has 0 spiro atoms. The van der Waals surface area contributed by atoms with Gasteiger partial charge in [0, 0.05) is 31.8 Å². The highest BCUT2D eigenvalue weighted by atomic mass is 16.5. The van der Waals surface area contributed by atoms with Gasteiger partial charge in [-0.15, -0.1) is 0 Å². The first-order chi connectivity index (χ1) is 8.03. The van der Waals surface area contributed by atoms with E-state index in [0.717, 1.165) is 18.5 Å². The Balaban J connectivity index is 2.27. The quantitative estimate of drug-likeness (QED) is 0.729. The summed E-state index contributed by atoms with van der Waals surface area (Å²) in [5, 5.41) is 0. The lowest BCUT2D eigenvalue weighted by Gasteiger charge is -2.22. The number of pyridine rings is 1. The lowest BCUT2D eigenvalue weighted by atomic mass is 9.99. The van der Waals surface area contributed by atoms with Crippen LogP contribution < -0.4 is 0 Å². The molecule has 1 aromatic heterocycles. The van der Waals surface area contributed by atoms with Crippen molar-refractivity contribution < 1.29 is 9.53 Å². The van der Waals surface area contributed by atoms with E-state index in [2.05, 4.69) is 4.98 Å². The van der Waals surface area contributed by atoms with E-state index in [1.807, 2.05) is 32.0 Å². The molecule has 1 heterocycles. The van der Waals surface area contributed by atoms with Crippen LogP contribution in [0.3, 0.4) is 0 Å². The molecule has 0 saturated carbocycles. The third-order valence-corrected chi connectivity index (χ3v) is 2.94. The number of carbonyl (C=O) groups is 1. The predicted molar refractivity (Wildman–Crippen MR) is 67.9 cm³/mol. The molecule has 0 radical (unpaired) electrons. The Bertz CT molecular complexity index is 346. The summed E-state index contributed by atoms with van der Waals surface area (Å²) in [6.45, 7) is 4.00. The third-order valence-electron chi connectivity index (χ3n) is 2.94. The Kier molecular flexibility index (Phi) is 5.29. The second-order valence-corrected chi connectivity index (χ2v) is 4.82. The van der Waals surface area contributed by atoms with Crippen molar-refractivity contribution in [3.8, 4) is 0 Å². The maximum atomic E-state index is 11.7. The zero-order chi connectivity index (χ0) is 12.7. The smallest absolute Gasteiger partial charge is 0.133 e. The number of aryl methyl sites for hydroxylation is 1. The van der Waals surface area contributed by atoms with Crippen LogP contribution in [0.2, 0.25) is 0 Å². The highest BCUT2D eigenvalue weighted by molar-refractivity contribution is 5.78. The minimum atomic E-state index is -0.208. The monoisotopic (exact) mass is 235 g/mol. The Labute approximate surface area is 103 Å². The van der Waals surface area contributed by atoms with Crippen LogP contribution in [0.1, 0.15) is 38.8 Å². The van der Waals surface area contributed by atoms with Crippen molar-refractivity contribution in [2.75, 3.05) is 7.11 Å². The maximum absolute atomic E-state index is 11.7. The molecule has 0 atom stereocenters. The van der Waals surface area contributed by atoms with Crippen molar-refractivity contribution in [2.45, 2.75) is 45.1 Å². The molecule has 3 nitrogen and oxygen atoms in total. The second kappa shape index (κ2) is 6.50. The first-order valence-corrected chi connectivity index (χ1v) is 6.00. The van der Waals surface area contributed by atoms with E-state index >= 15 is 0 Å². The molecule has 1 rings (SSSR count). The fraction of sp³-hybridized carbons (Fsp3) is 0.571. The summed E-state index contributed by atoms with van der Waals surface area (Å²) in [4.78, 5) is 15.9. The van der Waals surface area contributed by atoms with Gasteiger partial charge >= 0.3 is 0 Å². The highest BCUT2D eigenvalue weighted by Gasteiger charge is 2.17. The van der Waals surface area contributed by atoms with Crippen LogP contribution in [0, 0.1) is 0 Å². The van der Waals surface area contributed by atoms with E-state index in [1.54, 1.807) is 13.3 Å². The summed E-state index contributed by atoms with van der Waals surface area (Å²) in [7, 11) is 1.68. The fourth-order valence-electron chi connectivity index (χ4n) is 1.48. The molecule has 0 aliphatic rings. The molecule has 0 fully saturated rings. The standard InChI is InChI=1S/C14H21NO2/c1-14(2,17-3)10-9-13(16)8-7-12-6-4-5-11-15-12/h4-6,11H,7-10H2,1-3H3.